The van der Waals surface area contributed by atoms with Crippen LogP contribution in [0.25, 0.3) is 0 Å². The number of carboxylic acids is 1. The van der Waals surface area contributed by atoms with Crippen molar-refractivity contribution in [3.05, 3.63) is 0 Å². The van der Waals surface area contributed by atoms with Gasteiger partial charge in [0.25, 0.3) is 0 Å². The van der Waals surface area contributed by atoms with Crippen molar-refractivity contribution in [1.29, 1.82) is 0 Å². The Balaban J connectivity index is 1.84. The average molecular weight is 227 g/mol. The lowest BCUT2D eigenvalue weighted by Gasteiger charge is -2.35. The highest BCUT2D eigenvalue weighted by Crippen LogP contribution is 2.36. The molecule has 1 aliphatic heterocycles. The maximum Gasteiger partial charge on any atom is 0.321 e. The summed E-state index contributed by atoms with van der Waals surface area (Å²) in [6.07, 6.45) is 4.33. The van der Waals surface area contributed by atoms with Gasteiger partial charge in [0, 0.05) is 13.7 Å². The summed E-state index contributed by atoms with van der Waals surface area (Å²) in [4.78, 5) is 13.4. The second-order valence-electron chi connectivity index (χ2n) is 5.06. The van der Waals surface area contributed by atoms with Crippen molar-refractivity contribution in [1.82, 2.24) is 4.90 Å². The van der Waals surface area contributed by atoms with Gasteiger partial charge in [0.1, 0.15) is 6.04 Å². The van der Waals surface area contributed by atoms with E-state index in [2.05, 4.69) is 4.90 Å². The fraction of sp³-hybridized carbons (Fsp3) is 0.917. The van der Waals surface area contributed by atoms with E-state index in [1.165, 1.54) is 0 Å². The summed E-state index contributed by atoms with van der Waals surface area (Å²) in [5.41, 5.74) is 0. The Labute approximate surface area is 96.6 Å². The van der Waals surface area contributed by atoms with Gasteiger partial charge in [-0.25, -0.2) is 0 Å². The van der Waals surface area contributed by atoms with Gasteiger partial charge in [-0.1, -0.05) is 0 Å². The summed E-state index contributed by atoms with van der Waals surface area (Å²) in [5, 5.41) is 9.24. The van der Waals surface area contributed by atoms with E-state index in [-0.39, 0.29) is 6.04 Å². The molecular formula is C12H21NO3. The van der Waals surface area contributed by atoms with Crippen molar-refractivity contribution in [2.24, 2.45) is 11.8 Å². The Kier molecular flexibility index (Phi) is 3.82. The number of carbonyl (C=O) groups is 1. The van der Waals surface area contributed by atoms with Crippen LogP contribution in [0.4, 0.5) is 0 Å². The SMILES string of the molecule is COCC1CCN(C(C(=O)O)C2CC2)CC1. The Bertz CT molecular complexity index is 245. The first-order valence-corrected chi connectivity index (χ1v) is 6.18. The van der Waals surface area contributed by atoms with Crippen LogP contribution >= 0.6 is 0 Å². The van der Waals surface area contributed by atoms with Gasteiger partial charge in [-0.3, -0.25) is 9.69 Å². The van der Waals surface area contributed by atoms with Crippen molar-refractivity contribution < 1.29 is 14.6 Å². The fourth-order valence-corrected chi connectivity index (χ4v) is 2.70. The highest BCUT2D eigenvalue weighted by Gasteiger charge is 2.41. The molecule has 0 spiro atoms. The van der Waals surface area contributed by atoms with Crippen LogP contribution in [0.2, 0.25) is 0 Å². The summed E-state index contributed by atoms with van der Waals surface area (Å²) >= 11 is 0. The van der Waals surface area contributed by atoms with E-state index in [4.69, 9.17) is 4.74 Å². The molecular weight excluding hydrogens is 206 g/mol. The molecule has 0 amide bonds. The highest BCUT2D eigenvalue weighted by atomic mass is 16.5. The minimum Gasteiger partial charge on any atom is -0.480 e. The van der Waals surface area contributed by atoms with Crippen LogP contribution in [0.1, 0.15) is 25.7 Å². The van der Waals surface area contributed by atoms with Gasteiger partial charge in [-0.2, -0.15) is 0 Å². The molecule has 0 aromatic heterocycles. The Morgan fingerprint density at radius 2 is 2.00 bits per heavy atom. The van der Waals surface area contributed by atoms with Gasteiger partial charge >= 0.3 is 5.97 Å². The fourth-order valence-electron chi connectivity index (χ4n) is 2.70. The zero-order chi connectivity index (χ0) is 11.5. The molecule has 0 aromatic rings. The smallest absolute Gasteiger partial charge is 0.321 e. The molecule has 4 heteroatoms. The van der Waals surface area contributed by atoms with Gasteiger partial charge in [0.05, 0.1) is 0 Å². The summed E-state index contributed by atoms with van der Waals surface area (Å²) in [5.74, 6) is 0.402. The van der Waals surface area contributed by atoms with Crippen LogP contribution in [0.5, 0.6) is 0 Å². The number of rotatable bonds is 5. The average Bonchev–Trinajstić information content (AvgIpc) is 3.05. The molecule has 16 heavy (non-hydrogen) atoms. The van der Waals surface area contributed by atoms with Gasteiger partial charge < -0.3 is 9.84 Å². The highest BCUT2D eigenvalue weighted by molar-refractivity contribution is 5.74. The van der Waals surface area contributed by atoms with Gasteiger partial charge in [-0.15, -0.1) is 0 Å². The van der Waals surface area contributed by atoms with Gasteiger partial charge in [0.2, 0.25) is 0 Å². The number of likely N-dealkylation sites (tertiary alicyclic amines) is 1. The summed E-state index contributed by atoms with van der Waals surface area (Å²) in [6, 6.07) is -0.219. The van der Waals surface area contributed by atoms with E-state index in [1.54, 1.807) is 7.11 Å². The summed E-state index contributed by atoms with van der Waals surface area (Å²) in [7, 11) is 1.73. The largest absolute Gasteiger partial charge is 0.480 e. The number of ether oxygens (including phenoxy) is 1. The first kappa shape index (κ1) is 11.9. The minimum absolute atomic E-state index is 0.219. The van der Waals surface area contributed by atoms with Crippen molar-refractivity contribution >= 4 is 5.97 Å². The monoisotopic (exact) mass is 227 g/mol. The van der Waals surface area contributed by atoms with Crippen LogP contribution in [0.3, 0.4) is 0 Å². The molecule has 2 aliphatic rings. The molecule has 1 N–H and O–H groups in total. The molecule has 0 radical (unpaired) electrons. The molecule has 1 atom stereocenters. The molecule has 1 aliphatic carbocycles. The van der Waals surface area contributed by atoms with E-state index in [9.17, 15) is 9.90 Å². The topological polar surface area (TPSA) is 49.8 Å². The molecule has 1 unspecified atom stereocenters. The summed E-state index contributed by atoms with van der Waals surface area (Å²) < 4.78 is 5.15. The quantitative estimate of drug-likeness (QED) is 0.767. The maximum absolute atomic E-state index is 11.2. The zero-order valence-electron chi connectivity index (χ0n) is 9.89. The predicted octanol–water partition coefficient (Wildman–Crippen LogP) is 1.21. The Morgan fingerprint density at radius 3 is 2.44 bits per heavy atom. The summed E-state index contributed by atoms with van der Waals surface area (Å²) in [6.45, 7) is 2.65. The molecule has 92 valence electrons. The third-order valence-electron chi connectivity index (χ3n) is 3.77. The van der Waals surface area contributed by atoms with E-state index < -0.39 is 5.97 Å². The standard InChI is InChI=1S/C12H21NO3/c1-16-8-9-4-6-13(7-5-9)11(12(14)15)10-2-3-10/h9-11H,2-8H2,1H3,(H,14,15). The van der Waals surface area contributed by atoms with Crippen molar-refractivity contribution in [2.75, 3.05) is 26.8 Å². The second-order valence-corrected chi connectivity index (χ2v) is 5.06. The van der Waals surface area contributed by atoms with Crippen LogP contribution in [0.15, 0.2) is 0 Å². The Hall–Kier alpha value is -0.610. The first-order chi connectivity index (χ1) is 7.72. The van der Waals surface area contributed by atoms with Gasteiger partial charge in [-0.05, 0) is 50.6 Å². The lowest BCUT2D eigenvalue weighted by molar-refractivity contribution is -0.145. The van der Waals surface area contributed by atoms with E-state index >= 15 is 0 Å². The molecule has 1 heterocycles. The molecule has 0 bridgehead atoms. The molecule has 1 saturated carbocycles. The number of carboxylic acid groups (broad SMARTS) is 1. The van der Waals surface area contributed by atoms with Crippen LogP contribution < -0.4 is 0 Å². The predicted molar refractivity (Wildman–Crippen MR) is 60.3 cm³/mol. The number of hydrogen-bond acceptors (Lipinski definition) is 3. The molecule has 2 fully saturated rings. The molecule has 2 rings (SSSR count). The molecule has 0 aromatic carbocycles. The number of methoxy groups -OCH3 is 1. The van der Waals surface area contributed by atoms with Crippen LogP contribution in [0, 0.1) is 11.8 Å². The second kappa shape index (κ2) is 5.15. The minimum atomic E-state index is -0.632. The van der Waals surface area contributed by atoms with Crippen molar-refractivity contribution in [3.8, 4) is 0 Å². The normalized spacial score (nSPS) is 25.6. The van der Waals surface area contributed by atoms with E-state index in [1.807, 2.05) is 0 Å². The maximum atomic E-state index is 11.2. The Morgan fingerprint density at radius 1 is 1.38 bits per heavy atom. The third kappa shape index (κ3) is 2.74. The third-order valence-corrected chi connectivity index (χ3v) is 3.77. The zero-order valence-corrected chi connectivity index (χ0v) is 9.89. The first-order valence-electron chi connectivity index (χ1n) is 6.18. The molecule has 4 nitrogen and oxygen atoms in total. The lowest BCUT2D eigenvalue weighted by Crippen LogP contribution is -2.47. The van der Waals surface area contributed by atoms with Crippen LogP contribution in [-0.2, 0) is 9.53 Å². The lowest BCUT2D eigenvalue weighted by atomic mass is 9.95. The van der Waals surface area contributed by atoms with E-state index in [0.29, 0.717) is 11.8 Å². The number of aliphatic carboxylic acids is 1. The van der Waals surface area contributed by atoms with Crippen molar-refractivity contribution in [2.45, 2.75) is 31.7 Å². The number of hydrogen-bond donors (Lipinski definition) is 1. The van der Waals surface area contributed by atoms with Crippen molar-refractivity contribution in [3.63, 3.8) is 0 Å². The van der Waals surface area contributed by atoms with Crippen LogP contribution in [-0.4, -0.2) is 48.8 Å². The number of piperidine rings is 1. The van der Waals surface area contributed by atoms with E-state index in [0.717, 1.165) is 45.4 Å². The van der Waals surface area contributed by atoms with Gasteiger partial charge in [0.15, 0.2) is 0 Å². The number of nitrogens with zero attached hydrogens (tertiary/aromatic N) is 1. The molecule has 1 saturated heterocycles.